The summed E-state index contributed by atoms with van der Waals surface area (Å²) in [6, 6.07) is 7.09. The maximum Gasteiger partial charge on any atom is 0.0489 e. The molecule has 0 aromatic heterocycles. The zero-order valence-electron chi connectivity index (χ0n) is 10.8. The summed E-state index contributed by atoms with van der Waals surface area (Å²) in [5.41, 5.74) is 2.56. The van der Waals surface area contributed by atoms with Gasteiger partial charge in [0.15, 0.2) is 0 Å². The van der Waals surface area contributed by atoms with Crippen molar-refractivity contribution in [1.29, 1.82) is 0 Å². The third kappa shape index (κ3) is 3.48. The van der Waals surface area contributed by atoms with Crippen molar-refractivity contribution in [1.82, 2.24) is 0 Å². The molecule has 2 atom stereocenters. The van der Waals surface area contributed by atoms with Crippen LogP contribution in [0.15, 0.2) is 22.7 Å². The molecule has 1 aliphatic carbocycles. The molecule has 1 saturated carbocycles. The number of benzene rings is 1. The van der Waals surface area contributed by atoms with E-state index >= 15 is 0 Å². The smallest absolute Gasteiger partial charge is 0.0489 e. The van der Waals surface area contributed by atoms with Gasteiger partial charge in [0, 0.05) is 16.2 Å². The molecule has 0 bridgehead atoms. The summed E-state index contributed by atoms with van der Waals surface area (Å²) in [6.07, 6.45) is 6.74. The second kappa shape index (κ2) is 5.90. The van der Waals surface area contributed by atoms with Crippen LogP contribution in [-0.4, -0.2) is 6.04 Å². The first-order valence-electron chi connectivity index (χ1n) is 6.68. The SMILES string of the molecule is Cc1cccc(NC2CCCC(C)CC2)c1Br. The Labute approximate surface area is 113 Å². The van der Waals surface area contributed by atoms with E-state index in [0.29, 0.717) is 6.04 Å². The summed E-state index contributed by atoms with van der Waals surface area (Å²) in [4.78, 5) is 0. The average molecular weight is 296 g/mol. The van der Waals surface area contributed by atoms with Crippen molar-refractivity contribution in [2.24, 2.45) is 5.92 Å². The molecule has 0 spiro atoms. The van der Waals surface area contributed by atoms with Gasteiger partial charge in [0.05, 0.1) is 0 Å². The van der Waals surface area contributed by atoms with Crippen molar-refractivity contribution in [3.8, 4) is 0 Å². The van der Waals surface area contributed by atoms with E-state index < -0.39 is 0 Å². The number of anilines is 1. The van der Waals surface area contributed by atoms with Gasteiger partial charge >= 0.3 is 0 Å². The summed E-state index contributed by atoms with van der Waals surface area (Å²) in [5, 5.41) is 3.70. The zero-order chi connectivity index (χ0) is 12.3. The molecule has 0 heterocycles. The average Bonchev–Trinajstić information content (AvgIpc) is 2.50. The van der Waals surface area contributed by atoms with Crippen LogP contribution < -0.4 is 5.32 Å². The van der Waals surface area contributed by atoms with E-state index in [1.807, 2.05) is 0 Å². The fraction of sp³-hybridized carbons (Fsp3) is 0.600. The van der Waals surface area contributed by atoms with Gasteiger partial charge in [-0.25, -0.2) is 0 Å². The lowest BCUT2D eigenvalue weighted by molar-refractivity contribution is 0.502. The van der Waals surface area contributed by atoms with Crippen LogP contribution in [0.5, 0.6) is 0 Å². The fourth-order valence-corrected chi connectivity index (χ4v) is 2.99. The molecule has 1 aromatic rings. The predicted octanol–water partition coefficient (Wildman–Crippen LogP) is 5.14. The van der Waals surface area contributed by atoms with Gasteiger partial charge in [-0.3, -0.25) is 0 Å². The van der Waals surface area contributed by atoms with E-state index in [9.17, 15) is 0 Å². The first-order chi connectivity index (χ1) is 8.16. The molecule has 0 aliphatic heterocycles. The summed E-state index contributed by atoms with van der Waals surface area (Å²) in [7, 11) is 0. The van der Waals surface area contributed by atoms with Crippen LogP contribution in [0, 0.1) is 12.8 Å². The Kier molecular flexibility index (Phi) is 4.49. The highest BCUT2D eigenvalue weighted by molar-refractivity contribution is 9.10. The Hall–Kier alpha value is -0.500. The monoisotopic (exact) mass is 295 g/mol. The molecule has 2 heteroatoms. The maximum absolute atomic E-state index is 3.70. The number of hydrogen-bond acceptors (Lipinski definition) is 1. The quantitative estimate of drug-likeness (QED) is 0.745. The molecule has 17 heavy (non-hydrogen) atoms. The minimum Gasteiger partial charge on any atom is -0.381 e. The summed E-state index contributed by atoms with van der Waals surface area (Å²) >= 11 is 3.68. The largest absolute Gasteiger partial charge is 0.381 e. The Morgan fingerprint density at radius 3 is 2.82 bits per heavy atom. The van der Waals surface area contributed by atoms with E-state index in [4.69, 9.17) is 0 Å². The van der Waals surface area contributed by atoms with Gasteiger partial charge in [-0.15, -0.1) is 0 Å². The number of nitrogens with one attached hydrogen (secondary N) is 1. The standard InChI is InChI=1S/C15H22BrN/c1-11-5-3-7-13(10-9-11)17-14-8-4-6-12(2)15(14)16/h4,6,8,11,13,17H,3,5,7,9-10H2,1-2H3. The van der Waals surface area contributed by atoms with Crippen LogP contribution in [-0.2, 0) is 0 Å². The highest BCUT2D eigenvalue weighted by Gasteiger charge is 2.16. The number of aryl methyl sites for hydroxylation is 1. The second-order valence-electron chi connectivity index (χ2n) is 5.39. The van der Waals surface area contributed by atoms with Crippen LogP contribution >= 0.6 is 15.9 Å². The highest BCUT2D eigenvalue weighted by atomic mass is 79.9. The third-order valence-corrected chi connectivity index (χ3v) is 4.86. The van der Waals surface area contributed by atoms with Gasteiger partial charge in [-0.05, 0) is 59.7 Å². The van der Waals surface area contributed by atoms with E-state index in [1.54, 1.807) is 0 Å². The van der Waals surface area contributed by atoms with Crippen LogP contribution in [0.4, 0.5) is 5.69 Å². The van der Waals surface area contributed by atoms with Gasteiger partial charge in [-0.2, -0.15) is 0 Å². The van der Waals surface area contributed by atoms with Gasteiger partial charge < -0.3 is 5.32 Å². The number of rotatable bonds is 2. The molecule has 1 aliphatic rings. The molecular formula is C15H22BrN. The van der Waals surface area contributed by atoms with E-state index in [2.05, 4.69) is 53.3 Å². The van der Waals surface area contributed by atoms with Gasteiger partial charge in [0.1, 0.15) is 0 Å². The minimum atomic E-state index is 0.651. The van der Waals surface area contributed by atoms with Crippen molar-refractivity contribution >= 4 is 21.6 Å². The summed E-state index contributed by atoms with van der Waals surface area (Å²) in [6.45, 7) is 4.52. The molecule has 1 fully saturated rings. The predicted molar refractivity (Wildman–Crippen MR) is 78.5 cm³/mol. The molecule has 0 radical (unpaired) electrons. The highest BCUT2D eigenvalue weighted by Crippen LogP contribution is 2.30. The molecule has 94 valence electrons. The molecule has 2 rings (SSSR count). The number of halogens is 1. The first-order valence-corrected chi connectivity index (χ1v) is 7.48. The molecule has 1 aromatic carbocycles. The summed E-state index contributed by atoms with van der Waals surface area (Å²) < 4.78 is 1.22. The number of hydrogen-bond donors (Lipinski definition) is 1. The van der Waals surface area contributed by atoms with Crippen LogP contribution in [0.3, 0.4) is 0 Å². The molecule has 0 saturated heterocycles. The molecule has 1 nitrogen and oxygen atoms in total. The van der Waals surface area contributed by atoms with Crippen molar-refractivity contribution in [2.45, 2.75) is 52.0 Å². The van der Waals surface area contributed by atoms with Gasteiger partial charge in [0.2, 0.25) is 0 Å². The van der Waals surface area contributed by atoms with Gasteiger partial charge in [0.25, 0.3) is 0 Å². The van der Waals surface area contributed by atoms with E-state index in [0.717, 1.165) is 5.92 Å². The lowest BCUT2D eigenvalue weighted by Gasteiger charge is -2.19. The van der Waals surface area contributed by atoms with E-state index in [-0.39, 0.29) is 0 Å². The summed E-state index contributed by atoms with van der Waals surface area (Å²) in [5.74, 6) is 0.905. The van der Waals surface area contributed by atoms with Crippen molar-refractivity contribution in [3.05, 3.63) is 28.2 Å². The molecule has 0 amide bonds. The minimum absolute atomic E-state index is 0.651. The van der Waals surface area contributed by atoms with Crippen molar-refractivity contribution in [2.75, 3.05) is 5.32 Å². The molecule has 1 N–H and O–H groups in total. The molecule has 2 unspecified atom stereocenters. The maximum atomic E-state index is 3.70. The third-order valence-electron chi connectivity index (χ3n) is 3.81. The van der Waals surface area contributed by atoms with Crippen LogP contribution in [0.2, 0.25) is 0 Å². The first kappa shape index (κ1) is 12.9. The molecular weight excluding hydrogens is 274 g/mol. The lowest BCUT2D eigenvalue weighted by atomic mass is 10.0. The Morgan fingerprint density at radius 2 is 2.00 bits per heavy atom. The lowest BCUT2D eigenvalue weighted by Crippen LogP contribution is -2.18. The second-order valence-corrected chi connectivity index (χ2v) is 6.18. The topological polar surface area (TPSA) is 12.0 Å². The Morgan fingerprint density at radius 1 is 1.18 bits per heavy atom. The Balaban J connectivity index is 2.02. The van der Waals surface area contributed by atoms with Crippen molar-refractivity contribution in [3.63, 3.8) is 0 Å². The van der Waals surface area contributed by atoms with Crippen LogP contribution in [0.1, 0.15) is 44.6 Å². The fourth-order valence-electron chi connectivity index (χ4n) is 2.61. The van der Waals surface area contributed by atoms with Crippen LogP contribution in [0.25, 0.3) is 0 Å². The Bertz CT molecular complexity index is 375. The zero-order valence-corrected chi connectivity index (χ0v) is 12.4. The van der Waals surface area contributed by atoms with E-state index in [1.165, 1.54) is 47.8 Å². The normalized spacial score (nSPS) is 25.4. The van der Waals surface area contributed by atoms with Gasteiger partial charge in [-0.1, -0.05) is 31.9 Å². The van der Waals surface area contributed by atoms with Crippen molar-refractivity contribution < 1.29 is 0 Å².